The second kappa shape index (κ2) is 18.0. The summed E-state index contributed by atoms with van der Waals surface area (Å²) in [6.45, 7) is 9.67. The second-order valence-electron chi connectivity index (χ2n) is 5.56. The molecule has 0 fully saturated rings. The SMILES string of the molecule is [CH2]CCCCCCCCCOCCCCCCC[CH2]. The van der Waals surface area contributed by atoms with Crippen molar-refractivity contribution in [1.29, 1.82) is 0 Å². The Labute approximate surface area is 122 Å². The monoisotopic (exact) mass is 268 g/mol. The smallest absolute Gasteiger partial charge is 0.0466 e. The molecule has 0 unspecified atom stereocenters. The molecule has 1 nitrogen and oxygen atoms in total. The summed E-state index contributed by atoms with van der Waals surface area (Å²) in [6.07, 6.45) is 18.2. The second-order valence-corrected chi connectivity index (χ2v) is 5.56. The van der Waals surface area contributed by atoms with Crippen molar-refractivity contribution in [3.8, 4) is 0 Å². The maximum atomic E-state index is 5.66. The quantitative estimate of drug-likeness (QED) is 0.306. The Morgan fingerprint density at radius 3 is 1.11 bits per heavy atom. The van der Waals surface area contributed by atoms with Gasteiger partial charge >= 0.3 is 0 Å². The lowest BCUT2D eigenvalue weighted by Gasteiger charge is -2.04. The van der Waals surface area contributed by atoms with E-state index in [2.05, 4.69) is 13.8 Å². The molecule has 1 heteroatoms. The Morgan fingerprint density at radius 1 is 0.421 bits per heavy atom. The van der Waals surface area contributed by atoms with Crippen molar-refractivity contribution in [3.63, 3.8) is 0 Å². The van der Waals surface area contributed by atoms with Crippen molar-refractivity contribution in [2.24, 2.45) is 0 Å². The maximum Gasteiger partial charge on any atom is 0.0466 e. The molecule has 0 heterocycles. The number of ether oxygens (including phenoxy) is 1. The average molecular weight is 268 g/mol. The van der Waals surface area contributed by atoms with Gasteiger partial charge in [-0.05, 0) is 12.8 Å². The third kappa shape index (κ3) is 18.0. The fourth-order valence-corrected chi connectivity index (χ4v) is 2.28. The van der Waals surface area contributed by atoms with Crippen LogP contribution in [0.4, 0.5) is 0 Å². The first-order chi connectivity index (χ1) is 9.41. The van der Waals surface area contributed by atoms with E-state index >= 15 is 0 Å². The predicted octanol–water partition coefficient (Wildman–Crippen LogP) is 6.13. The first kappa shape index (κ1) is 19.0. The fraction of sp³-hybridized carbons (Fsp3) is 0.889. The van der Waals surface area contributed by atoms with E-state index in [1.165, 1.54) is 77.0 Å². The summed E-state index contributed by atoms with van der Waals surface area (Å²) in [7, 11) is 0. The van der Waals surface area contributed by atoms with Gasteiger partial charge in [-0.15, -0.1) is 0 Å². The highest BCUT2D eigenvalue weighted by Crippen LogP contribution is 2.08. The van der Waals surface area contributed by atoms with E-state index in [9.17, 15) is 0 Å². The van der Waals surface area contributed by atoms with E-state index in [1.54, 1.807) is 0 Å². The molecule has 0 aliphatic heterocycles. The van der Waals surface area contributed by atoms with Crippen LogP contribution in [0.3, 0.4) is 0 Å². The molecule has 0 aromatic rings. The van der Waals surface area contributed by atoms with Crippen molar-refractivity contribution in [1.82, 2.24) is 0 Å². The summed E-state index contributed by atoms with van der Waals surface area (Å²) in [6, 6.07) is 0. The molecule has 0 atom stereocenters. The van der Waals surface area contributed by atoms with Gasteiger partial charge in [-0.2, -0.15) is 0 Å². The van der Waals surface area contributed by atoms with Crippen LogP contribution in [0.5, 0.6) is 0 Å². The Hall–Kier alpha value is -0.0400. The Balaban J connectivity index is 2.88. The zero-order valence-corrected chi connectivity index (χ0v) is 13.1. The van der Waals surface area contributed by atoms with Gasteiger partial charge in [0.2, 0.25) is 0 Å². The molecule has 0 aliphatic carbocycles. The lowest BCUT2D eigenvalue weighted by Crippen LogP contribution is -1.97. The maximum absolute atomic E-state index is 5.66. The predicted molar refractivity (Wildman–Crippen MR) is 86.2 cm³/mol. The van der Waals surface area contributed by atoms with Gasteiger partial charge in [0.1, 0.15) is 0 Å². The molecule has 0 bridgehead atoms. The van der Waals surface area contributed by atoms with E-state index in [4.69, 9.17) is 4.74 Å². The average Bonchev–Trinajstić information content (AvgIpc) is 2.43. The zero-order valence-electron chi connectivity index (χ0n) is 13.1. The molecule has 114 valence electrons. The van der Waals surface area contributed by atoms with Gasteiger partial charge in [-0.1, -0.05) is 90.9 Å². The van der Waals surface area contributed by atoms with Crippen molar-refractivity contribution >= 4 is 0 Å². The van der Waals surface area contributed by atoms with Crippen LogP contribution < -0.4 is 0 Å². The molecule has 0 rings (SSSR count). The summed E-state index contributed by atoms with van der Waals surface area (Å²) in [5.74, 6) is 0. The van der Waals surface area contributed by atoms with E-state index in [1.807, 2.05) is 0 Å². The number of hydrogen-bond donors (Lipinski definition) is 0. The Kier molecular flexibility index (Phi) is 17.9. The summed E-state index contributed by atoms with van der Waals surface area (Å²) in [5, 5.41) is 0. The molecule has 19 heavy (non-hydrogen) atoms. The van der Waals surface area contributed by atoms with E-state index < -0.39 is 0 Å². The molecule has 0 aromatic heterocycles. The Bertz CT molecular complexity index is 129. The summed E-state index contributed by atoms with van der Waals surface area (Å²) < 4.78 is 5.66. The van der Waals surface area contributed by atoms with Gasteiger partial charge in [-0.3, -0.25) is 0 Å². The summed E-state index contributed by atoms with van der Waals surface area (Å²) in [4.78, 5) is 0. The normalized spacial score (nSPS) is 11.1. The third-order valence-electron chi connectivity index (χ3n) is 3.58. The number of hydrogen-bond acceptors (Lipinski definition) is 1. The van der Waals surface area contributed by atoms with Crippen LogP contribution in [0, 0.1) is 13.8 Å². The van der Waals surface area contributed by atoms with Crippen molar-refractivity contribution in [3.05, 3.63) is 13.8 Å². The van der Waals surface area contributed by atoms with Crippen molar-refractivity contribution in [2.75, 3.05) is 13.2 Å². The van der Waals surface area contributed by atoms with E-state index in [0.717, 1.165) is 26.1 Å². The molecular formula is C18H36O. The lowest BCUT2D eigenvalue weighted by molar-refractivity contribution is 0.125. The molecular weight excluding hydrogens is 232 g/mol. The van der Waals surface area contributed by atoms with Crippen LogP contribution in [-0.2, 0) is 4.74 Å². The molecule has 0 amide bonds. The molecule has 2 radical (unpaired) electrons. The number of unbranched alkanes of at least 4 members (excludes halogenated alkanes) is 12. The molecule has 0 saturated carbocycles. The molecule has 0 aliphatic rings. The summed E-state index contributed by atoms with van der Waals surface area (Å²) >= 11 is 0. The van der Waals surface area contributed by atoms with Gasteiger partial charge in [0.05, 0.1) is 0 Å². The van der Waals surface area contributed by atoms with Gasteiger partial charge in [0, 0.05) is 13.2 Å². The first-order valence-electron chi connectivity index (χ1n) is 8.58. The first-order valence-corrected chi connectivity index (χ1v) is 8.58. The van der Waals surface area contributed by atoms with Crippen LogP contribution in [0.2, 0.25) is 0 Å². The van der Waals surface area contributed by atoms with E-state index in [-0.39, 0.29) is 0 Å². The van der Waals surface area contributed by atoms with Crippen LogP contribution >= 0.6 is 0 Å². The van der Waals surface area contributed by atoms with Crippen molar-refractivity contribution in [2.45, 2.75) is 89.9 Å². The zero-order chi connectivity index (χ0) is 14.0. The highest BCUT2D eigenvalue weighted by Gasteiger charge is 1.93. The molecule has 0 aromatic carbocycles. The molecule has 0 N–H and O–H groups in total. The standard InChI is InChI=1S/C18H36O/c1-3-5-7-9-11-12-14-16-18-19-17-15-13-10-8-6-4-2/h1-18H2. The van der Waals surface area contributed by atoms with E-state index in [0.29, 0.717) is 0 Å². The fourth-order valence-electron chi connectivity index (χ4n) is 2.28. The molecule has 0 spiro atoms. The topological polar surface area (TPSA) is 9.23 Å². The van der Waals surface area contributed by atoms with Crippen LogP contribution in [0.1, 0.15) is 89.9 Å². The largest absolute Gasteiger partial charge is 0.381 e. The van der Waals surface area contributed by atoms with Gasteiger partial charge in [0.15, 0.2) is 0 Å². The van der Waals surface area contributed by atoms with Gasteiger partial charge in [-0.25, -0.2) is 0 Å². The number of rotatable bonds is 16. The summed E-state index contributed by atoms with van der Waals surface area (Å²) in [5.41, 5.74) is 0. The van der Waals surface area contributed by atoms with Crippen LogP contribution in [0.15, 0.2) is 0 Å². The highest BCUT2D eigenvalue weighted by molar-refractivity contribution is 4.48. The van der Waals surface area contributed by atoms with Gasteiger partial charge in [0.25, 0.3) is 0 Å². The molecule has 0 saturated heterocycles. The minimum absolute atomic E-state index is 0.966. The Morgan fingerprint density at radius 2 is 0.737 bits per heavy atom. The van der Waals surface area contributed by atoms with Crippen LogP contribution in [0.25, 0.3) is 0 Å². The highest BCUT2D eigenvalue weighted by atomic mass is 16.5. The van der Waals surface area contributed by atoms with Crippen molar-refractivity contribution < 1.29 is 4.74 Å². The third-order valence-corrected chi connectivity index (χ3v) is 3.58. The van der Waals surface area contributed by atoms with Gasteiger partial charge < -0.3 is 4.74 Å². The lowest BCUT2D eigenvalue weighted by atomic mass is 10.1. The minimum Gasteiger partial charge on any atom is -0.381 e. The van der Waals surface area contributed by atoms with Crippen LogP contribution in [-0.4, -0.2) is 13.2 Å². The minimum atomic E-state index is 0.966.